The normalized spacial score (nSPS) is 9.70. The first kappa shape index (κ1) is 16.3. The highest BCUT2D eigenvalue weighted by molar-refractivity contribution is 7.71. The molecule has 0 fully saturated rings. The molecule has 0 aliphatic rings. The summed E-state index contributed by atoms with van der Waals surface area (Å²) in [7, 11) is 0. The van der Waals surface area contributed by atoms with E-state index in [1.807, 2.05) is 0 Å². The van der Waals surface area contributed by atoms with E-state index < -0.39 is 0 Å². The number of aromatic amines is 4. The Labute approximate surface area is 125 Å². The minimum atomic E-state index is -0.156. The molecule has 0 saturated heterocycles. The number of aromatic nitrogens is 4. The van der Waals surface area contributed by atoms with Crippen LogP contribution in [0.5, 0.6) is 0 Å². The monoisotopic (exact) mass is 312 g/mol. The second-order valence-electron chi connectivity index (χ2n) is 4.13. The molecule has 2 heterocycles. The first-order chi connectivity index (χ1) is 9.40. The van der Waals surface area contributed by atoms with Crippen LogP contribution >= 0.6 is 24.4 Å². The maximum atomic E-state index is 10.8. The topological polar surface area (TPSA) is 97.3 Å². The van der Waals surface area contributed by atoms with Crippen molar-refractivity contribution < 1.29 is 0 Å². The number of hydrogen-bond acceptors (Lipinski definition) is 4. The third kappa shape index (κ3) is 5.89. The highest BCUT2D eigenvalue weighted by atomic mass is 32.1. The molecule has 0 bridgehead atoms. The fourth-order valence-corrected chi connectivity index (χ4v) is 2.01. The molecule has 0 aliphatic carbocycles. The molecule has 8 heteroatoms. The SMILES string of the molecule is CCCc1cc(=O)[nH]c(=S)[nH]1.Cc1cc(=O)[nH]c(=S)[nH]1. The Hall–Kier alpha value is -1.80. The predicted molar refractivity (Wildman–Crippen MR) is 83.2 cm³/mol. The van der Waals surface area contributed by atoms with E-state index in [2.05, 4.69) is 39.1 Å². The van der Waals surface area contributed by atoms with Crippen LogP contribution in [0.3, 0.4) is 0 Å². The van der Waals surface area contributed by atoms with Crippen molar-refractivity contribution in [3.63, 3.8) is 0 Å². The van der Waals surface area contributed by atoms with Crippen LogP contribution in [0.1, 0.15) is 24.7 Å². The molecule has 0 aromatic carbocycles. The van der Waals surface area contributed by atoms with E-state index in [9.17, 15) is 9.59 Å². The van der Waals surface area contributed by atoms with Crippen LogP contribution < -0.4 is 11.1 Å². The van der Waals surface area contributed by atoms with Crippen LogP contribution in [0.15, 0.2) is 21.7 Å². The van der Waals surface area contributed by atoms with Crippen molar-refractivity contribution in [1.82, 2.24) is 19.9 Å². The van der Waals surface area contributed by atoms with E-state index in [1.54, 1.807) is 13.0 Å². The Morgan fingerprint density at radius 1 is 0.950 bits per heavy atom. The fraction of sp³-hybridized carbons (Fsp3) is 0.333. The minimum Gasteiger partial charge on any atom is -0.336 e. The first-order valence-corrected chi connectivity index (χ1v) is 6.85. The maximum Gasteiger partial charge on any atom is 0.251 e. The Balaban J connectivity index is 0.000000204. The van der Waals surface area contributed by atoms with E-state index in [0.29, 0.717) is 9.54 Å². The smallest absolute Gasteiger partial charge is 0.251 e. The van der Waals surface area contributed by atoms with Gasteiger partial charge in [0.2, 0.25) is 0 Å². The molecule has 6 nitrogen and oxygen atoms in total. The predicted octanol–water partition coefficient (Wildman–Crippen LogP) is 2.13. The molecule has 4 N–H and O–H groups in total. The van der Waals surface area contributed by atoms with Crippen LogP contribution in [0.2, 0.25) is 0 Å². The molecular weight excluding hydrogens is 296 g/mol. The third-order valence-corrected chi connectivity index (χ3v) is 2.64. The summed E-state index contributed by atoms with van der Waals surface area (Å²) in [5.41, 5.74) is 1.40. The summed E-state index contributed by atoms with van der Waals surface area (Å²) in [5, 5.41) is 0. The van der Waals surface area contributed by atoms with Crippen LogP contribution in [0.25, 0.3) is 0 Å². The summed E-state index contributed by atoms with van der Waals surface area (Å²) in [6.07, 6.45) is 1.88. The molecule has 2 aromatic rings. The van der Waals surface area contributed by atoms with E-state index in [4.69, 9.17) is 12.2 Å². The van der Waals surface area contributed by atoms with E-state index in [0.717, 1.165) is 24.2 Å². The largest absolute Gasteiger partial charge is 0.336 e. The number of nitrogens with one attached hydrogen (secondary N) is 4. The molecule has 0 radical (unpaired) electrons. The van der Waals surface area contributed by atoms with Gasteiger partial charge in [0.15, 0.2) is 9.54 Å². The molecule has 0 atom stereocenters. The van der Waals surface area contributed by atoms with Gasteiger partial charge < -0.3 is 9.97 Å². The fourth-order valence-electron chi connectivity index (χ4n) is 1.51. The molecular formula is C12H16N4O2S2. The number of H-pyrrole nitrogens is 4. The van der Waals surface area contributed by atoms with Crippen molar-refractivity contribution in [3.05, 3.63) is 53.8 Å². The van der Waals surface area contributed by atoms with E-state index >= 15 is 0 Å². The maximum absolute atomic E-state index is 10.8. The molecule has 0 spiro atoms. The van der Waals surface area contributed by atoms with Crippen molar-refractivity contribution in [2.24, 2.45) is 0 Å². The average molecular weight is 312 g/mol. The Morgan fingerprint density at radius 2 is 1.50 bits per heavy atom. The van der Waals surface area contributed by atoms with Crippen LogP contribution in [0.4, 0.5) is 0 Å². The van der Waals surface area contributed by atoms with Gasteiger partial charge in [0.1, 0.15) is 0 Å². The van der Waals surface area contributed by atoms with Gasteiger partial charge in [-0.3, -0.25) is 19.6 Å². The zero-order chi connectivity index (χ0) is 15.1. The zero-order valence-corrected chi connectivity index (χ0v) is 12.8. The lowest BCUT2D eigenvalue weighted by molar-refractivity contribution is 0.861. The van der Waals surface area contributed by atoms with E-state index in [-0.39, 0.29) is 11.1 Å². The van der Waals surface area contributed by atoms with Crippen LogP contribution in [-0.2, 0) is 6.42 Å². The van der Waals surface area contributed by atoms with Gasteiger partial charge in [-0.1, -0.05) is 13.3 Å². The molecule has 20 heavy (non-hydrogen) atoms. The summed E-state index contributed by atoms with van der Waals surface area (Å²) in [4.78, 5) is 32.0. The molecule has 2 aromatic heterocycles. The summed E-state index contributed by atoms with van der Waals surface area (Å²) in [5.74, 6) is 0. The van der Waals surface area contributed by atoms with Gasteiger partial charge in [0.25, 0.3) is 11.1 Å². The highest BCUT2D eigenvalue weighted by Crippen LogP contribution is 1.93. The molecule has 0 aliphatic heterocycles. The Kier molecular flexibility index (Phi) is 6.26. The molecule has 0 saturated carbocycles. The molecule has 108 valence electrons. The van der Waals surface area contributed by atoms with Gasteiger partial charge in [-0.05, 0) is 37.8 Å². The van der Waals surface area contributed by atoms with Crippen molar-refractivity contribution >= 4 is 24.4 Å². The lowest BCUT2D eigenvalue weighted by atomic mass is 10.2. The number of rotatable bonds is 2. The molecule has 0 amide bonds. The second-order valence-corrected chi connectivity index (χ2v) is 4.95. The standard InChI is InChI=1S/C7H10N2OS.C5H6N2OS/c1-2-3-5-4-6(10)9-7(11)8-5;1-3-2-4(8)7-5(9)6-3/h4H,2-3H2,1H3,(H2,8,9,10,11);2H,1H3,(H2,6,7,8,9). The van der Waals surface area contributed by atoms with Gasteiger partial charge in [-0.2, -0.15) is 0 Å². The summed E-state index contributed by atoms with van der Waals surface area (Å²) < 4.78 is 0.779. The van der Waals surface area contributed by atoms with Crippen molar-refractivity contribution in [2.45, 2.75) is 26.7 Å². The highest BCUT2D eigenvalue weighted by Gasteiger charge is 1.91. The van der Waals surface area contributed by atoms with Crippen LogP contribution in [0, 0.1) is 16.5 Å². The first-order valence-electron chi connectivity index (χ1n) is 6.03. The Bertz CT molecular complexity index is 729. The second kappa shape index (κ2) is 7.71. The van der Waals surface area contributed by atoms with Gasteiger partial charge in [-0.15, -0.1) is 0 Å². The van der Waals surface area contributed by atoms with Gasteiger partial charge >= 0.3 is 0 Å². The lowest BCUT2D eigenvalue weighted by Crippen LogP contribution is -2.08. The summed E-state index contributed by atoms with van der Waals surface area (Å²) in [6, 6.07) is 3.00. The molecule has 2 rings (SSSR count). The van der Waals surface area contributed by atoms with Crippen molar-refractivity contribution in [2.75, 3.05) is 0 Å². The minimum absolute atomic E-state index is 0.128. The summed E-state index contributed by atoms with van der Waals surface area (Å²) in [6.45, 7) is 3.84. The van der Waals surface area contributed by atoms with Gasteiger partial charge in [-0.25, -0.2) is 0 Å². The lowest BCUT2D eigenvalue weighted by Gasteiger charge is -1.95. The van der Waals surface area contributed by atoms with Crippen LogP contribution in [-0.4, -0.2) is 19.9 Å². The van der Waals surface area contributed by atoms with E-state index in [1.165, 1.54) is 6.07 Å². The Morgan fingerprint density at radius 3 is 1.95 bits per heavy atom. The third-order valence-electron chi connectivity index (χ3n) is 2.23. The van der Waals surface area contributed by atoms with Gasteiger partial charge in [0, 0.05) is 23.5 Å². The number of aryl methyl sites for hydroxylation is 2. The van der Waals surface area contributed by atoms with Crippen molar-refractivity contribution in [3.8, 4) is 0 Å². The number of hydrogen-bond donors (Lipinski definition) is 4. The quantitative estimate of drug-likeness (QED) is 0.639. The zero-order valence-electron chi connectivity index (χ0n) is 11.2. The molecule has 0 unspecified atom stereocenters. The summed E-state index contributed by atoms with van der Waals surface area (Å²) >= 11 is 9.47. The van der Waals surface area contributed by atoms with Gasteiger partial charge in [0.05, 0.1) is 0 Å². The average Bonchev–Trinajstić information content (AvgIpc) is 2.26. The van der Waals surface area contributed by atoms with Crippen molar-refractivity contribution in [1.29, 1.82) is 0 Å².